The fraction of sp³-hybridized carbons (Fsp3) is 0.769. The molecule has 19 heteroatoms. The molecule has 0 aromatic carbocycles. The van der Waals surface area contributed by atoms with Gasteiger partial charge in [0.2, 0.25) is 5.91 Å². The molecule has 3 aliphatic rings. The summed E-state index contributed by atoms with van der Waals surface area (Å²) in [5, 5.41) is 120. The Balaban J connectivity index is 1.31. The van der Waals surface area contributed by atoms with E-state index >= 15 is 0 Å². The van der Waals surface area contributed by atoms with Crippen LogP contribution in [-0.4, -0.2) is 193 Å². The summed E-state index contributed by atoms with van der Waals surface area (Å²) in [6.45, 7) is 1.49. The van der Waals surface area contributed by atoms with E-state index in [0.717, 1.165) is 96.3 Å². The minimum atomic E-state index is -1.98. The molecule has 0 saturated carbocycles. The van der Waals surface area contributed by atoms with Gasteiger partial charge in [0.05, 0.1) is 38.6 Å². The first-order valence-corrected chi connectivity index (χ1v) is 31.8. The van der Waals surface area contributed by atoms with Crippen LogP contribution in [0.1, 0.15) is 187 Å². The van der Waals surface area contributed by atoms with Crippen molar-refractivity contribution in [2.45, 2.75) is 291 Å². The maximum atomic E-state index is 13.3. The SMILES string of the molecule is CC/C=C\C/C=C\C/C=C\C/C=C\C/C=C\C/C=C\CCCCCCCCCCCCCCCCC(=O)NC(COC1OC(CO)C(OC2OC(CO)C(OC3OC(CO)C(O)C(O)C3O)C(O)C2O)C(O)C1O)C(O)/C=C/CCCCCC. The zero-order valence-corrected chi connectivity index (χ0v) is 50.6. The second kappa shape index (κ2) is 47.0. The summed E-state index contributed by atoms with van der Waals surface area (Å²) in [5.41, 5.74) is 0. The standard InChI is InChI=1S/C65H111NO18/c1-3-5-7-9-11-12-13-14-15-16-17-18-19-20-21-22-23-24-25-26-27-28-29-30-31-32-33-34-35-36-37-39-41-43-53(71)66-48(49(70)42-40-38-10-8-6-4-2)47-79-63-59(77)56(74)61(51(45-68)81-63)84-65-60(78)57(75)62(52(46-69)82-65)83-64-58(76)55(73)54(72)50(44-67)80-64/h5,7,11-12,14-15,17-18,20-21,23-24,40,42,48-52,54-65,67-70,72-78H,3-4,6,8-10,13,16,19,22,25-39,41,43-47H2,1-2H3,(H,66,71)/b7-5-,12-11-,15-14-,18-17-,21-20-,24-23-,42-40+. The largest absolute Gasteiger partial charge is 0.394 e. The lowest BCUT2D eigenvalue weighted by Crippen LogP contribution is -2.66. The number of unbranched alkanes of at least 4 members (excludes halogenated alkanes) is 18. The molecule has 84 heavy (non-hydrogen) atoms. The number of carbonyl (C=O) groups excluding carboxylic acids is 1. The predicted molar refractivity (Wildman–Crippen MR) is 323 cm³/mol. The second-order valence-corrected chi connectivity index (χ2v) is 22.5. The quantitative estimate of drug-likeness (QED) is 0.0221. The lowest BCUT2D eigenvalue weighted by atomic mass is 9.96. The predicted octanol–water partition coefficient (Wildman–Crippen LogP) is 6.76. The third kappa shape index (κ3) is 29.8. The van der Waals surface area contributed by atoms with Crippen molar-refractivity contribution < 1.29 is 89.4 Å². The molecule has 0 radical (unpaired) electrons. The summed E-state index contributed by atoms with van der Waals surface area (Å²) in [6, 6.07) is -0.973. The summed E-state index contributed by atoms with van der Waals surface area (Å²) in [4.78, 5) is 13.3. The Morgan fingerprint density at radius 3 is 1.29 bits per heavy atom. The number of rotatable bonds is 46. The van der Waals surface area contributed by atoms with Crippen molar-refractivity contribution in [1.82, 2.24) is 5.32 Å². The van der Waals surface area contributed by atoms with Crippen molar-refractivity contribution in [3.63, 3.8) is 0 Å². The lowest BCUT2D eigenvalue weighted by Gasteiger charge is -2.48. The van der Waals surface area contributed by atoms with Gasteiger partial charge in [0.15, 0.2) is 18.9 Å². The molecule has 0 spiro atoms. The maximum Gasteiger partial charge on any atom is 0.220 e. The molecule has 0 aliphatic carbocycles. The van der Waals surface area contributed by atoms with E-state index in [2.05, 4.69) is 92.1 Å². The molecule has 3 saturated heterocycles. The Morgan fingerprint density at radius 2 is 0.821 bits per heavy atom. The van der Waals surface area contributed by atoms with E-state index in [4.69, 9.17) is 28.4 Å². The molecular weight excluding hydrogens is 1080 g/mol. The lowest BCUT2D eigenvalue weighted by molar-refractivity contribution is -0.379. The molecule has 17 unspecified atom stereocenters. The highest BCUT2D eigenvalue weighted by molar-refractivity contribution is 5.76. The number of allylic oxidation sites excluding steroid dienone is 13. The highest BCUT2D eigenvalue weighted by Crippen LogP contribution is 2.33. The molecule has 3 fully saturated rings. The number of nitrogens with one attached hydrogen (secondary N) is 1. The first-order valence-electron chi connectivity index (χ1n) is 31.8. The highest BCUT2D eigenvalue weighted by Gasteiger charge is 2.53. The Labute approximate surface area is 501 Å². The molecule has 19 nitrogen and oxygen atoms in total. The van der Waals surface area contributed by atoms with Crippen LogP contribution in [0.2, 0.25) is 0 Å². The van der Waals surface area contributed by atoms with Gasteiger partial charge in [0, 0.05) is 6.42 Å². The number of hydrogen-bond donors (Lipinski definition) is 12. The van der Waals surface area contributed by atoms with E-state index in [1.807, 2.05) is 6.08 Å². The molecule has 3 aliphatic heterocycles. The van der Waals surface area contributed by atoms with Crippen LogP contribution in [0.25, 0.3) is 0 Å². The van der Waals surface area contributed by atoms with Crippen molar-refractivity contribution in [3.8, 4) is 0 Å². The number of ether oxygens (including phenoxy) is 6. The smallest absolute Gasteiger partial charge is 0.220 e. The number of aliphatic hydroxyl groups excluding tert-OH is 11. The van der Waals surface area contributed by atoms with Crippen molar-refractivity contribution in [2.24, 2.45) is 0 Å². The Hall–Kier alpha value is -3.03. The van der Waals surface area contributed by atoms with Crippen LogP contribution in [0.15, 0.2) is 85.1 Å². The average Bonchev–Trinajstić information content (AvgIpc) is 2.27. The van der Waals surface area contributed by atoms with Gasteiger partial charge in [-0.1, -0.05) is 195 Å². The van der Waals surface area contributed by atoms with Gasteiger partial charge in [-0.3, -0.25) is 4.79 Å². The molecule has 17 atom stereocenters. The van der Waals surface area contributed by atoms with Gasteiger partial charge in [-0.2, -0.15) is 0 Å². The third-order valence-electron chi connectivity index (χ3n) is 15.4. The Kier molecular flexibility index (Phi) is 42.1. The molecule has 0 aromatic rings. The Morgan fingerprint density at radius 1 is 0.440 bits per heavy atom. The van der Waals surface area contributed by atoms with Gasteiger partial charge in [0.1, 0.15) is 73.2 Å². The van der Waals surface area contributed by atoms with Crippen molar-refractivity contribution in [2.75, 3.05) is 26.4 Å². The van der Waals surface area contributed by atoms with E-state index in [1.165, 1.54) is 64.2 Å². The second-order valence-electron chi connectivity index (χ2n) is 22.5. The van der Waals surface area contributed by atoms with Crippen molar-refractivity contribution in [1.29, 1.82) is 0 Å². The van der Waals surface area contributed by atoms with E-state index < -0.39 is 124 Å². The van der Waals surface area contributed by atoms with E-state index in [1.54, 1.807) is 6.08 Å². The normalized spacial score (nSPS) is 29.8. The van der Waals surface area contributed by atoms with Crippen molar-refractivity contribution >= 4 is 5.91 Å². The van der Waals surface area contributed by atoms with Crippen LogP contribution in [0.4, 0.5) is 0 Å². The molecule has 0 bridgehead atoms. The summed E-state index contributed by atoms with van der Waals surface area (Å²) in [5.74, 6) is -0.286. The first kappa shape index (κ1) is 75.2. The van der Waals surface area contributed by atoms with E-state index in [9.17, 15) is 61.0 Å². The molecule has 3 heterocycles. The van der Waals surface area contributed by atoms with E-state index in [0.29, 0.717) is 6.42 Å². The third-order valence-corrected chi connectivity index (χ3v) is 15.4. The van der Waals surface area contributed by atoms with Crippen LogP contribution >= 0.6 is 0 Å². The van der Waals surface area contributed by atoms with Gasteiger partial charge in [-0.15, -0.1) is 0 Å². The molecular formula is C65H111NO18. The molecule has 12 N–H and O–H groups in total. The number of carbonyl (C=O) groups is 1. The van der Waals surface area contributed by atoms with E-state index in [-0.39, 0.29) is 18.9 Å². The van der Waals surface area contributed by atoms with Gasteiger partial charge < -0.3 is 89.9 Å². The van der Waals surface area contributed by atoms with Crippen LogP contribution < -0.4 is 5.32 Å². The maximum absolute atomic E-state index is 13.3. The number of amides is 1. The average molecular weight is 1190 g/mol. The fourth-order valence-electron chi connectivity index (χ4n) is 10.3. The van der Waals surface area contributed by atoms with Crippen molar-refractivity contribution in [3.05, 3.63) is 85.1 Å². The minimum absolute atomic E-state index is 0.237. The number of hydrogen-bond acceptors (Lipinski definition) is 18. The zero-order valence-electron chi connectivity index (χ0n) is 50.6. The zero-order chi connectivity index (χ0) is 61.2. The van der Waals surface area contributed by atoms with Gasteiger partial charge >= 0.3 is 0 Å². The minimum Gasteiger partial charge on any atom is -0.394 e. The van der Waals surface area contributed by atoms with Gasteiger partial charge in [-0.25, -0.2) is 0 Å². The summed E-state index contributed by atoms with van der Waals surface area (Å²) < 4.78 is 34.1. The molecule has 1 amide bonds. The summed E-state index contributed by atoms with van der Waals surface area (Å²) >= 11 is 0. The monoisotopic (exact) mass is 1190 g/mol. The Bertz CT molecular complexity index is 1860. The van der Waals surface area contributed by atoms with Crippen LogP contribution in [-0.2, 0) is 33.2 Å². The topological polar surface area (TPSA) is 307 Å². The van der Waals surface area contributed by atoms with Crippen LogP contribution in [0.3, 0.4) is 0 Å². The van der Waals surface area contributed by atoms with Crippen LogP contribution in [0.5, 0.6) is 0 Å². The molecule has 0 aromatic heterocycles. The molecule has 3 rings (SSSR count). The van der Waals surface area contributed by atoms with Gasteiger partial charge in [0.25, 0.3) is 0 Å². The highest BCUT2D eigenvalue weighted by atomic mass is 16.8. The first-order chi connectivity index (χ1) is 40.8. The van der Waals surface area contributed by atoms with Gasteiger partial charge in [-0.05, 0) is 70.6 Å². The molecule has 484 valence electrons. The number of aliphatic hydroxyl groups is 11. The summed E-state index contributed by atoms with van der Waals surface area (Å²) in [7, 11) is 0. The summed E-state index contributed by atoms with van der Waals surface area (Å²) in [6.07, 6.45) is 32.1. The fourth-order valence-corrected chi connectivity index (χ4v) is 10.3. The van der Waals surface area contributed by atoms with Crippen LogP contribution in [0, 0.1) is 0 Å².